The van der Waals surface area contributed by atoms with Crippen molar-refractivity contribution < 1.29 is 18.5 Å². The van der Waals surface area contributed by atoms with E-state index in [1.165, 1.54) is 0 Å². The average molecular weight is 366 g/mol. The highest BCUT2D eigenvalue weighted by Crippen LogP contribution is 2.12. The topological polar surface area (TPSA) is 66.9 Å². The zero-order valence-corrected chi connectivity index (χ0v) is 15.7. The third-order valence-electron chi connectivity index (χ3n) is 4.08. The van der Waals surface area contributed by atoms with Gasteiger partial charge in [-0.3, -0.25) is 18.7 Å². The SMILES string of the molecule is CCOC(=O)CN1CCCN(C(=O)c2cccc(CS(C)=O)c2)CC1. The lowest BCUT2D eigenvalue weighted by Crippen LogP contribution is -2.37. The molecule has 0 aromatic heterocycles. The lowest BCUT2D eigenvalue weighted by Gasteiger charge is -2.21. The molecule has 0 N–H and O–H groups in total. The van der Waals surface area contributed by atoms with E-state index in [4.69, 9.17) is 4.74 Å². The van der Waals surface area contributed by atoms with E-state index in [1.807, 2.05) is 28.0 Å². The fraction of sp³-hybridized carbons (Fsp3) is 0.556. The van der Waals surface area contributed by atoms with E-state index in [2.05, 4.69) is 0 Å². The third kappa shape index (κ3) is 6.25. The maximum absolute atomic E-state index is 12.8. The highest BCUT2D eigenvalue weighted by molar-refractivity contribution is 7.83. The number of amides is 1. The van der Waals surface area contributed by atoms with Crippen LogP contribution >= 0.6 is 0 Å². The van der Waals surface area contributed by atoms with Crippen LogP contribution in [0.15, 0.2) is 24.3 Å². The molecule has 6 nitrogen and oxygen atoms in total. The van der Waals surface area contributed by atoms with E-state index < -0.39 is 10.8 Å². The Labute approximate surface area is 151 Å². The number of hydrogen-bond acceptors (Lipinski definition) is 5. The van der Waals surface area contributed by atoms with Crippen molar-refractivity contribution in [3.05, 3.63) is 35.4 Å². The number of hydrogen-bond donors (Lipinski definition) is 0. The Hall–Kier alpha value is -1.73. The lowest BCUT2D eigenvalue weighted by atomic mass is 10.1. The fourth-order valence-electron chi connectivity index (χ4n) is 2.93. The van der Waals surface area contributed by atoms with E-state index in [9.17, 15) is 13.8 Å². The lowest BCUT2D eigenvalue weighted by molar-refractivity contribution is -0.144. The van der Waals surface area contributed by atoms with Gasteiger partial charge >= 0.3 is 5.97 Å². The van der Waals surface area contributed by atoms with Gasteiger partial charge in [-0.05, 0) is 31.0 Å². The van der Waals surface area contributed by atoms with Gasteiger partial charge in [-0.2, -0.15) is 0 Å². The fourth-order valence-corrected chi connectivity index (χ4v) is 3.58. The van der Waals surface area contributed by atoms with Crippen molar-refractivity contribution in [2.45, 2.75) is 19.1 Å². The number of carbonyl (C=O) groups excluding carboxylic acids is 2. The summed E-state index contributed by atoms with van der Waals surface area (Å²) < 4.78 is 16.4. The highest BCUT2D eigenvalue weighted by atomic mass is 32.2. The zero-order chi connectivity index (χ0) is 18.2. The Balaban J connectivity index is 1.96. The van der Waals surface area contributed by atoms with Crippen molar-refractivity contribution >= 4 is 22.7 Å². The Bertz CT molecular complexity index is 635. The summed E-state index contributed by atoms with van der Waals surface area (Å²) in [4.78, 5) is 28.2. The monoisotopic (exact) mass is 366 g/mol. The zero-order valence-electron chi connectivity index (χ0n) is 14.9. The van der Waals surface area contributed by atoms with Crippen molar-refractivity contribution in [1.82, 2.24) is 9.80 Å². The molecule has 1 saturated heterocycles. The molecule has 1 atom stereocenters. The van der Waals surface area contributed by atoms with Crippen LogP contribution in [0.5, 0.6) is 0 Å². The Kier molecular flexibility index (Phi) is 7.58. The first-order chi connectivity index (χ1) is 12.0. The third-order valence-corrected chi connectivity index (χ3v) is 4.82. The maximum Gasteiger partial charge on any atom is 0.320 e. The molecule has 138 valence electrons. The minimum Gasteiger partial charge on any atom is -0.465 e. The average Bonchev–Trinajstić information content (AvgIpc) is 2.79. The van der Waals surface area contributed by atoms with E-state index in [1.54, 1.807) is 19.2 Å². The minimum atomic E-state index is -0.933. The molecule has 1 heterocycles. The van der Waals surface area contributed by atoms with Crippen LogP contribution in [-0.2, 0) is 26.1 Å². The quantitative estimate of drug-likeness (QED) is 0.710. The highest BCUT2D eigenvalue weighted by Gasteiger charge is 2.22. The maximum atomic E-state index is 12.8. The summed E-state index contributed by atoms with van der Waals surface area (Å²) in [6, 6.07) is 7.35. The predicted octanol–water partition coefficient (Wildman–Crippen LogP) is 1.28. The molecule has 1 aromatic rings. The molecule has 1 aliphatic heterocycles. The molecule has 7 heteroatoms. The van der Waals surface area contributed by atoms with Gasteiger partial charge in [-0.25, -0.2) is 0 Å². The molecule has 0 spiro atoms. The van der Waals surface area contributed by atoms with Gasteiger partial charge in [-0.1, -0.05) is 12.1 Å². The summed E-state index contributed by atoms with van der Waals surface area (Å²) in [7, 11) is -0.933. The molecule has 0 bridgehead atoms. The van der Waals surface area contributed by atoms with Crippen LogP contribution in [0.1, 0.15) is 29.3 Å². The summed E-state index contributed by atoms with van der Waals surface area (Å²) in [5, 5.41) is 0. The first-order valence-electron chi connectivity index (χ1n) is 8.55. The number of ether oxygens (including phenoxy) is 1. The molecule has 25 heavy (non-hydrogen) atoms. The van der Waals surface area contributed by atoms with Crippen molar-refractivity contribution in [3.8, 4) is 0 Å². The molecule has 1 fully saturated rings. The Morgan fingerprint density at radius 3 is 2.72 bits per heavy atom. The second-order valence-corrected chi connectivity index (χ2v) is 7.58. The Morgan fingerprint density at radius 1 is 1.20 bits per heavy atom. The summed E-state index contributed by atoms with van der Waals surface area (Å²) in [5.74, 6) is 0.221. The summed E-state index contributed by atoms with van der Waals surface area (Å²) in [6.07, 6.45) is 2.48. The molecule has 0 aliphatic carbocycles. The summed E-state index contributed by atoms with van der Waals surface area (Å²) >= 11 is 0. The molecular weight excluding hydrogens is 340 g/mol. The van der Waals surface area contributed by atoms with Crippen LogP contribution in [0.25, 0.3) is 0 Å². The molecule has 1 amide bonds. The van der Waals surface area contributed by atoms with Gasteiger partial charge in [0.25, 0.3) is 5.91 Å². The standard InChI is InChI=1S/C18H26N2O4S/c1-3-24-17(21)13-19-8-5-9-20(11-10-19)18(22)16-7-4-6-15(12-16)14-25(2)23/h4,6-7,12H,3,5,8-11,13-14H2,1-2H3. The summed E-state index contributed by atoms with van der Waals surface area (Å²) in [5.41, 5.74) is 1.53. The van der Waals surface area contributed by atoms with E-state index in [0.29, 0.717) is 37.6 Å². The van der Waals surface area contributed by atoms with Crippen LogP contribution in [0, 0.1) is 0 Å². The molecule has 1 aliphatic rings. The van der Waals surface area contributed by atoms with E-state index in [0.717, 1.165) is 18.5 Å². The van der Waals surface area contributed by atoms with Crippen LogP contribution in [0.2, 0.25) is 0 Å². The van der Waals surface area contributed by atoms with Crippen LogP contribution in [0.4, 0.5) is 0 Å². The second-order valence-electron chi connectivity index (χ2n) is 6.14. The van der Waals surface area contributed by atoms with Crippen LogP contribution in [-0.4, -0.2) is 71.5 Å². The molecule has 0 saturated carbocycles. The molecule has 2 rings (SSSR count). The predicted molar refractivity (Wildman–Crippen MR) is 97.8 cm³/mol. The van der Waals surface area contributed by atoms with Gasteiger partial charge in [0, 0.05) is 54.6 Å². The Morgan fingerprint density at radius 2 is 2.00 bits per heavy atom. The molecular formula is C18H26N2O4S. The first kappa shape index (κ1) is 19.6. The molecule has 1 unspecified atom stereocenters. The molecule has 1 aromatic carbocycles. The smallest absolute Gasteiger partial charge is 0.320 e. The van der Waals surface area contributed by atoms with Gasteiger partial charge in [0.05, 0.1) is 13.2 Å². The van der Waals surface area contributed by atoms with Crippen molar-refractivity contribution in [2.75, 3.05) is 45.6 Å². The van der Waals surface area contributed by atoms with Gasteiger partial charge < -0.3 is 9.64 Å². The number of nitrogens with zero attached hydrogens (tertiary/aromatic N) is 2. The van der Waals surface area contributed by atoms with Crippen molar-refractivity contribution in [3.63, 3.8) is 0 Å². The number of carbonyl (C=O) groups is 2. The number of benzene rings is 1. The van der Waals surface area contributed by atoms with Gasteiger partial charge in [0.2, 0.25) is 0 Å². The summed E-state index contributed by atoms with van der Waals surface area (Å²) in [6.45, 7) is 5.14. The number of esters is 1. The van der Waals surface area contributed by atoms with Crippen molar-refractivity contribution in [1.29, 1.82) is 0 Å². The number of rotatable bonds is 6. The van der Waals surface area contributed by atoms with Gasteiger partial charge in [0.1, 0.15) is 0 Å². The first-order valence-corrected chi connectivity index (χ1v) is 10.3. The van der Waals surface area contributed by atoms with Crippen molar-refractivity contribution in [2.24, 2.45) is 0 Å². The van der Waals surface area contributed by atoms with E-state index >= 15 is 0 Å². The second kappa shape index (κ2) is 9.68. The minimum absolute atomic E-state index is 0.0123. The molecule has 0 radical (unpaired) electrons. The van der Waals surface area contributed by atoms with Gasteiger partial charge in [0.15, 0.2) is 0 Å². The normalized spacial score (nSPS) is 17.0. The van der Waals surface area contributed by atoms with E-state index in [-0.39, 0.29) is 18.4 Å². The van der Waals surface area contributed by atoms with Gasteiger partial charge in [-0.15, -0.1) is 0 Å². The largest absolute Gasteiger partial charge is 0.465 e. The van der Waals surface area contributed by atoms with Crippen LogP contribution < -0.4 is 0 Å². The van der Waals surface area contributed by atoms with Crippen LogP contribution in [0.3, 0.4) is 0 Å².